The number of carbonyl (C=O) groups is 3. The molecule has 0 bridgehead atoms. The minimum Gasteiger partial charge on any atom is -0.462 e. The first kappa shape index (κ1) is 44.5. The molecule has 7 nitrogen and oxygen atoms in total. The molecular formula is C38H72N2O5S. The van der Waals surface area contributed by atoms with Crippen LogP contribution in [0.25, 0.3) is 0 Å². The van der Waals surface area contributed by atoms with Crippen molar-refractivity contribution in [1.82, 2.24) is 9.80 Å². The van der Waals surface area contributed by atoms with Crippen LogP contribution in [-0.2, 0) is 19.1 Å². The van der Waals surface area contributed by atoms with Crippen LogP contribution in [0.1, 0.15) is 162 Å². The van der Waals surface area contributed by atoms with Crippen LogP contribution in [0.2, 0.25) is 0 Å². The molecule has 0 radical (unpaired) electrons. The van der Waals surface area contributed by atoms with Gasteiger partial charge in [0.15, 0.2) is 0 Å². The Morgan fingerprint density at radius 3 is 1.80 bits per heavy atom. The number of carbonyl (C=O) groups excluding carboxylic acids is 3. The standard InChI is InChI=1S/C38H72N2O5S/c1-6-9-12-15-18-21-25-32-44-37(42)34-40(38(43)46-33-26-24-30-39(4)5)31-29-36(41)45-35(27-22-19-16-13-10-7-2)28-23-20-17-14-11-8-3/h21,25,35H,6-20,22-24,26-34H2,1-5H3/b25-21-. The smallest absolute Gasteiger partial charge is 0.325 e. The third-order valence-electron chi connectivity index (χ3n) is 8.18. The molecule has 0 fully saturated rings. The first-order chi connectivity index (χ1) is 22.3. The van der Waals surface area contributed by atoms with Crippen molar-refractivity contribution in [2.45, 2.75) is 168 Å². The van der Waals surface area contributed by atoms with Crippen molar-refractivity contribution in [1.29, 1.82) is 0 Å². The van der Waals surface area contributed by atoms with Crippen molar-refractivity contribution in [3.63, 3.8) is 0 Å². The minimum absolute atomic E-state index is 0.0706. The number of esters is 2. The fraction of sp³-hybridized carbons (Fsp3) is 0.868. The molecule has 0 saturated heterocycles. The highest BCUT2D eigenvalue weighted by molar-refractivity contribution is 8.13. The zero-order chi connectivity index (χ0) is 34.1. The van der Waals surface area contributed by atoms with Crippen LogP contribution in [0.5, 0.6) is 0 Å². The summed E-state index contributed by atoms with van der Waals surface area (Å²) >= 11 is 1.22. The third-order valence-corrected chi connectivity index (χ3v) is 9.18. The average Bonchev–Trinajstić information content (AvgIpc) is 3.03. The van der Waals surface area contributed by atoms with Crippen LogP contribution in [0.3, 0.4) is 0 Å². The van der Waals surface area contributed by atoms with Gasteiger partial charge in [-0.15, -0.1) is 0 Å². The molecule has 0 atom stereocenters. The maximum Gasteiger partial charge on any atom is 0.325 e. The normalized spacial score (nSPS) is 11.5. The third kappa shape index (κ3) is 29.8. The molecule has 8 heteroatoms. The van der Waals surface area contributed by atoms with Gasteiger partial charge >= 0.3 is 11.9 Å². The van der Waals surface area contributed by atoms with Crippen LogP contribution in [0.4, 0.5) is 4.79 Å². The number of rotatable bonds is 32. The van der Waals surface area contributed by atoms with Gasteiger partial charge in [-0.3, -0.25) is 14.4 Å². The Hall–Kier alpha value is -1.54. The lowest BCUT2D eigenvalue weighted by Crippen LogP contribution is -2.36. The number of nitrogens with zero attached hydrogens (tertiary/aromatic N) is 2. The summed E-state index contributed by atoms with van der Waals surface area (Å²) in [4.78, 5) is 42.4. The summed E-state index contributed by atoms with van der Waals surface area (Å²) in [7, 11) is 4.08. The zero-order valence-corrected chi connectivity index (χ0v) is 31.5. The zero-order valence-electron chi connectivity index (χ0n) is 30.7. The molecule has 1 amide bonds. The summed E-state index contributed by atoms with van der Waals surface area (Å²) < 4.78 is 11.4. The van der Waals surface area contributed by atoms with Gasteiger partial charge in [-0.1, -0.05) is 128 Å². The van der Waals surface area contributed by atoms with Gasteiger partial charge in [-0.05, 0) is 72.0 Å². The highest BCUT2D eigenvalue weighted by Crippen LogP contribution is 2.18. The first-order valence-corrected chi connectivity index (χ1v) is 19.9. The largest absolute Gasteiger partial charge is 0.462 e. The molecule has 0 spiro atoms. The van der Waals surface area contributed by atoms with E-state index in [0.29, 0.717) is 5.75 Å². The summed E-state index contributed by atoms with van der Waals surface area (Å²) in [5.41, 5.74) is 0. The van der Waals surface area contributed by atoms with E-state index in [2.05, 4.69) is 31.7 Å². The van der Waals surface area contributed by atoms with Crippen molar-refractivity contribution in [2.75, 3.05) is 46.1 Å². The van der Waals surface area contributed by atoms with Crippen molar-refractivity contribution in [3.8, 4) is 0 Å². The molecule has 0 rings (SSSR count). The van der Waals surface area contributed by atoms with E-state index in [1.165, 1.54) is 100 Å². The molecule has 0 aromatic carbocycles. The number of amides is 1. The number of allylic oxidation sites excluding steroid dienone is 1. The number of unbranched alkanes of at least 4 members (excludes halogenated alkanes) is 15. The summed E-state index contributed by atoms with van der Waals surface area (Å²) in [6.07, 6.45) is 28.0. The van der Waals surface area contributed by atoms with E-state index in [4.69, 9.17) is 9.47 Å². The molecule has 270 valence electrons. The van der Waals surface area contributed by atoms with E-state index in [1.54, 1.807) is 0 Å². The second-order valence-electron chi connectivity index (χ2n) is 13.0. The molecule has 0 N–H and O–H groups in total. The van der Waals surface area contributed by atoms with E-state index in [0.717, 1.165) is 57.9 Å². The van der Waals surface area contributed by atoms with Gasteiger partial charge in [0.25, 0.3) is 5.24 Å². The molecular weight excluding hydrogens is 596 g/mol. The maximum absolute atomic E-state index is 13.1. The first-order valence-electron chi connectivity index (χ1n) is 18.9. The van der Waals surface area contributed by atoms with Gasteiger partial charge in [0.05, 0.1) is 6.42 Å². The van der Waals surface area contributed by atoms with Crippen LogP contribution in [0, 0.1) is 0 Å². The van der Waals surface area contributed by atoms with Crippen molar-refractivity contribution >= 4 is 28.9 Å². The second-order valence-corrected chi connectivity index (χ2v) is 14.1. The summed E-state index contributed by atoms with van der Waals surface area (Å²) in [6, 6.07) is 0. The van der Waals surface area contributed by atoms with Gasteiger partial charge in [-0.25, -0.2) is 0 Å². The maximum atomic E-state index is 13.1. The number of hydrogen-bond acceptors (Lipinski definition) is 7. The van der Waals surface area contributed by atoms with Gasteiger partial charge in [0, 0.05) is 12.3 Å². The summed E-state index contributed by atoms with van der Waals surface area (Å²) in [5.74, 6) is -0.0492. The Balaban J connectivity index is 4.98. The number of hydrogen-bond donors (Lipinski definition) is 0. The molecule has 0 aliphatic heterocycles. The summed E-state index contributed by atoms with van der Waals surface area (Å²) in [5, 5.41) is -0.184. The van der Waals surface area contributed by atoms with Crippen LogP contribution in [-0.4, -0.2) is 79.2 Å². The van der Waals surface area contributed by atoms with Crippen molar-refractivity contribution in [3.05, 3.63) is 12.2 Å². The average molecular weight is 669 g/mol. The molecule has 0 heterocycles. The Bertz CT molecular complexity index is 745. The lowest BCUT2D eigenvalue weighted by Gasteiger charge is -2.22. The van der Waals surface area contributed by atoms with Crippen LogP contribution >= 0.6 is 11.8 Å². The summed E-state index contributed by atoms with van der Waals surface area (Å²) in [6.45, 7) is 7.84. The molecule has 0 unspecified atom stereocenters. The van der Waals surface area contributed by atoms with E-state index in [9.17, 15) is 14.4 Å². The van der Waals surface area contributed by atoms with E-state index >= 15 is 0 Å². The molecule has 0 aromatic rings. The minimum atomic E-state index is -0.449. The van der Waals surface area contributed by atoms with E-state index in [1.807, 2.05) is 20.2 Å². The van der Waals surface area contributed by atoms with Gasteiger partial charge in [-0.2, -0.15) is 0 Å². The Morgan fingerprint density at radius 2 is 1.22 bits per heavy atom. The van der Waals surface area contributed by atoms with E-state index < -0.39 is 5.97 Å². The van der Waals surface area contributed by atoms with Crippen molar-refractivity contribution < 1.29 is 23.9 Å². The fourth-order valence-electron chi connectivity index (χ4n) is 5.27. The second kappa shape index (κ2) is 33.4. The van der Waals surface area contributed by atoms with Gasteiger partial charge in [0.2, 0.25) is 0 Å². The highest BCUT2D eigenvalue weighted by atomic mass is 32.2. The van der Waals surface area contributed by atoms with Crippen LogP contribution in [0.15, 0.2) is 12.2 Å². The Labute approximate surface area is 288 Å². The van der Waals surface area contributed by atoms with Crippen molar-refractivity contribution in [2.24, 2.45) is 0 Å². The van der Waals surface area contributed by atoms with Gasteiger partial charge in [0.1, 0.15) is 19.3 Å². The quantitative estimate of drug-likeness (QED) is 0.0401. The lowest BCUT2D eigenvalue weighted by molar-refractivity contribution is -0.151. The molecule has 0 aromatic heterocycles. The SMILES string of the molecule is CCCCCC/C=C\COC(=O)CN(CCC(=O)OC(CCCCCCCC)CCCCCCCC)C(=O)SCCCCN(C)C. The number of ether oxygens (including phenoxy) is 2. The van der Waals surface area contributed by atoms with Crippen LogP contribution < -0.4 is 0 Å². The Morgan fingerprint density at radius 1 is 0.652 bits per heavy atom. The van der Waals surface area contributed by atoms with E-state index in [-0.39, 0.29) is 43.4 Å². The predicted molar refractivity (Wildman–Crippen MR) is 197 cm³/mol. The number of thioether (sulfide) groups is 1. The monoisotopic (exact) mass is 669 g/mol. The predicted octanol–water partition coefficient (Wildman–Crippen LogP) is 10.4. The van der Waals surface area contributed by atoms with Gasteiger partial charge < -0.3 is 19.3 Å². The Kier molecular flexibility index (Phi) is 32.2. The highest BCUT2D eigenvalue weighted by Gasteiger charge is 2.21. The molecule has 0 aliphatic carbocycles. The molecule has 0 aliphatic rings. The topological polar surface area (TPSA) is 76.1 Å². The molecule has 46 heavy (non-hydrogen) atoms. The molecule has 0 saturated carbocycles. The lowest BCUT2D eigenvalue weighted by atomic mass is 10.0. The fourth-order valence-corrected chi connectivity index (χ4v) is 6.13.